The Morgan fingerprint density at radius 1 is 1.32 bits per heavy atom. The average molecular weight is 272 g/mol. The average Bonchev–Trinajstić information content (AvgIpc) is 2.99. The third kappa shape index (κ3) is 2.19. The molecule has 0 aromatic carbocycles. The smallest absolute Gasteiger partial charge is 0.195 e. The standard InChI is InChI=1S/C12H12N6S/c1-17-10(4-6-14-17)8-18-11(15-16-12(18)19)9-3-2-5-13-7-9/h2-7H,8H2,1H3,(H,16,19). The van der Waals surface area contributed by atoms with Crippen LogP contribution in [0.5, 0.6) is 0 Å². The van der Waals surface area contributed by atoms with Crippen LogP contribution in [0.25, 0.3) is 11.4 Å². The van der Waals surface area contributed by atoms with Crippen LogP contribution in [0, 0.1) is 4.77 Å². The molecule has 0 fully saturated rings. The highest BCUT2D eigenvalue weighted by Crippen LogP contribution is 2.16. The van der Waals surface area contributed by atoms with Crippen LogP contribution in [0.15, 0.2) is 36.8 Å². The summed E-state index contributed by atoms with van der Waals surface area (Å²) in [6.07, 6.45) is 5.27. The van der Waals surface area contributed by atoms with Crippen molar-refractivity contribution in [3.63, 3.8) is 0 Å². The molecule has 0 saturated heterocycles. The highest BCUT2D eigenvalue weighted by molar-refractivity contribution is 7.71. The van der Waals surface area contributed by atoms with E-state index in [4.69, 9.17) is 12.2 Å². The predicted molar refractivity (Wildman–Crippen MR) is 73.0 cm³/mol. The van der Waals surface area contributed by atoms with E-state index in [9.17, 15) is 0 Å². The van der Waals surface area contributed by atoms with Crippen molar-refractivity contribution in [3.05, 3.63) is 47.3 Å². The molecule has 0 atom stereocenters. The molecule has 3 aromatic heterocycles. The zero-order chi connectivity index (χ0) is 13.2. The monoisotopic (exact) mass is 272 g/mol. The Balaban J connectivity index is 2.05. The zero-order valence-corrected chi connectivity index (χ0v) is 11.1. The molecular formula is C12H12N6S. The van der Waals surface area contributed by atoms with Crippen molar-refractivity contribution in [2.24, 2.45) is 7.05 Å². The quantitative estimate of drug-likeness (QED) is 0.738. The summed E-state index contributed by atoms with van der Waals surface area (Å²) < 4.78 is 4.34. The van der Waals surface area contributed by atoms with Crippen molar-refractivity contribution in [1.82, 2.24) is 29.5 Å². The molecule has 3 heterocycles. The largest absolute Gasteiger partial charge is 0.294 e. The number of aromatic amines is 1. The van der Waals surface area contributed by atoms with Gasteiger partial charge >= 0.3 is 0 Å². The van der Waals surface area contributed by atoms with E-state index in [1.54, 1.807) is 18.6 Å². The van der Waals surface area contributed by atoms with Gasteiger partial charge in [0.2, 0.25) is 0 Å². The van der Waals surface area contributed by atoms with Crippen LogP contribution in [0.3, 0.4) is 0 Å². The van der Waals surface area contributed by atoms with Gasteiger partial charge in [-0.15, -0.1) is 0 Å². The maximum Gasteiger partial charge on any atom is 0.195 e. The van der Waals surface area contributed by atoms with Crippen molar-refractivity contribution < 1.29 is 0 Å². The Labute approximate surface area is 114 Å². The van der Waals surface area contributed by atoms with Gasteiger partial charge in [-0.3, -0.25) is 19.3 Å². The van der Waals surface area contributed by atoms with E-state index >= 15 is 0 Å². The van der Waals surface area contributed by atoms with E-state index in [0.29, 0.717) is 11.3 Å². The minimum Gasteiger partial charge on any atom is -0.294 e. The second-order valence-corrected chi connectivity index (χ2v) is 4.51. The Morgan fingerprint density at radius 2 is 2.21 bits per heavy atom. The number of nitrogens with one attached hydrogen (secondary N) is 1. The molecule has 7 heteroatoms. The van der Waals surface area contributed by atoms with Gasteiger partial charge in [-0.1, -0.05) is 0 Å². The van der Waals surface area contributed by atoms with Gasteiger partial charge in [0, 0.05) is 31.2 Å². The molecule has 19 heavy (non-hydrogen) atoms. The van der Waals surface area contributed by atoms with Gasteiger partial charge < -0.3 is 0 Å². The van der Waals surface area contributed by atoms with E-state index in [-0.39, 0.29) is 0 Å². The molecule has 96 valence electrons. The first-order chi connectivity index (χ1) is 9.25. The first kappa shape index (κ1) is 11.8. The molecule has 0 radical (unpaired) electrons. The first-order valence-electron chi connectivity index (χ1n) is 5.78. The molecule has 0 bridgehead atoms. The molecule has 3 rings (SSSR count). The number of rotatable bonds is 3. The van der Waals surface area contributed by atoms with Crippen LogP contribution in [0.4, 0.5) is 0 Å². The summed E-state index contributed by atoms with van der Waals surface area (Å²) in [6.45, 7) is 0.621. The van der Waals surface area contributed by atoms with Crippen molar-refractivity contribution in [3.8, 4) is 11.4 Å². The SMILES string of the molecule is Cn1nccc1Cn1c(-c2cccnc2)n[nH]c1=S. The first-order valence-corrected chi connectivity index (χ1v) is 6.19. The third-order valence-electron chi connectivity index (χ3n) is 2.92. The number of H-pyrrole nitrogens is 1. The van der Waals surface area contributed by atoms with Gasteiger partial charge in [0.05, 0.1) is 12.2 Å². The van der Waals surface area contributed by atoms with E-state index in [0.717, 1.165) is 17.1 Å². The van der Waals surface area contributed by atoms with E-state index in [1.807, 2.05) is 34.5 Å². The fourth-order valence-corrected chi connectivity index (χ4v) is 2.09. The minimum atomic E-state index is 0.583. The molecule has 3 aromatic rings. The summed E-state index contributed by atoms with van der Waals surface area (Å²) in [5.74, 6) is 0.777. The summed E-state index contributed by atoms with van der Waals surface area (Å²) in [5, 5.41) is 11.3. The zero-order valence-electron chi connectivity index (χ0n) is 10.3. The van der Waals surface area contributed by atoms with Crippen molar-refractivity contribution in [2.75, 3.05) is 0 Å². The van der Waals surface area contributed by atoms with Crippen molar-refractivity contribution in [1.29, 1.82) is 0 Å². The molecule has 0 aliphatic rings. The molecule has 1 N–H and O–H groups in total. The van der Waals surface area contributed by atoms with Gasteiger partial charge in [-0.25, -0.2) is 0 Å². The lowest BCUT2D eigenvalue weighted by Gasteiger charge is -2.06. The minimum absolute atomic E-state index is 0.583. The van der Waals surface area contributed by atoms with Crippen molar-refractivity contribution in [2.45, 2.75) is 6.54 Å². The normalized spacial score (nSPS) is 10.8. The Hall–Kier alpha value is -2.28. The Kier molecular flexibility index (Phi) is 2.96. The van der Waals surface area contributed by atoms with Crippen LogP contribution in [-0.4, -0.2) is 29.5 Å². The molecule has 0 spiro atoms. The van der Waals surface area contributed by atoms with Crippen LogP contribution >= 0.6 is 12.2 Å². The number of nitrogens with zero attached hydrogens (tertiary/aromatic N) is 5. The number of aromatic nitrogens is 6. The highest BCUT2D eigenvalue weighted by atomic mass is 32.1. The Bertz CT molecular complexity index is 739. The third-order valence-corrected chi connectivity index (χ3v) is 3.23. The van der Waals surface area contributed by atoms with E-state index in [1.165, 1.54) is 0 Å². The van der Waals surface area contributed by atoms with Gasteiger partial charge in [-0.2, -0.15) is 10.2 Å². The number of pyridine rings is 1. The molecule has 0 aliphatic heterocycles. The fourth-order valence-electron chi connectivity index (χ4n) is 1.90. The lowest BCUT2D eigenvalue weighted by molar-refractivity contribution is 0.664. The van der Waals surface area contributed by atoms with Gasteiger partial charge in [0.1, 0.15) is 0 Å². The number of hydrogen-bond acceptors (Lipinski definition) is 4. The van der Waals surface area contributed by atoms with E-state index < -0.39 is 0 Å². The summed E-state index contributed by atoms with van der Waals surface area (Å²) >= 11 is 5.28. The fraction of sp³-hybridized carbons (Fsp3) is 0.167. The van der Waals surface area contributed by atoms with Gasteiger partial charge in [0.15, 0.2) is 10.6 Å². The summed E-state index contributed by atoms with van der Waals surface area (Å²) in [4.78, 5) is 4.11. The highest BCUT2D eigenvalue weighted by Gasteiger charge is 2.10. The second-order valence-electron chi connectivity index (χ2n) is 4.13. The van der Waals surface area contributed by atoms with Crippen molar-refractivity contribution >= 4 is 12.2 Å². The Morgan fingerprint density at radius 3 is 2.89 bits per heavy atom. The summed E-state index contributed by atoms with van der Waals surface area (Å²) in [6, 6.07) is 5.79. The number of hydrogen-bond donors (Lipinski definition) is 1. The maximum atomic E-state index is 5.28. The lowest BCUT2D eigenvalue weighted by atomic mass is 10.2. The summed E-state index contributed by atoms with van der Waals surface area (Å²) in [7, 11) is 1.91. The maximum absolute atomic E-state index is 5.28. The topological polar surface area (TPSA) is 64.3 Å². The molecule has 0 saturated carbocycles. The van der Waals surface area contributed by atoms with E-state index in [2.05, 4.69) is 20.3 Å². The second kappa shape index (κ2) is 4.77. The molecule has 0 aliphatic carbocycles. The van der Waals surface area contributed by atoms with Crippen LogP contribution < -0.4 is 0 Å². The van der Waals surface area contributed by atoms with Crippen LogP contribution in [0.2, 0.25) is 0 Å². The number of aryl methyl sites for hydroxylation is 1. The molecule has 0 amide bonds. The molecule has 0 unspecified atom stereocenters. The van der Waals surface area contributed by atoms with Gasteiger partial charge in [-0.05, 0) is 30.4 Å². The van der Waals surface area contributed by atoms with Gasteiger partial charge in [0.25, 0.3) is 0 Å². The molecular weight excluding hydrogens is 260 g/mol. The molecule has 6 nitrogen and oxygen atoms in total. The van der Waals surface area contributed by atoms with Crippen LogP contribution in [-0.2, 0) is 13.6 Å². The summed E-state index contributed by atoms with van der Waals surface area (Å²) in [5.41, 5.74) is 1.99. The lowest BCUT2D eigenvalue weighted by Crippen LogP contribution is -2.07. The van der Waals surface area contributed by atoms with Crippen LogP contribution in [0.1, 0.15) is 5.69 Å². The predicted octanol–water partition coefficient (Wildman–Crippen LogP) is 1.78.